The maximum Gasteiger partial charge on any atom is 0.391 e. The molecule has 2 N–H and O–H groups in total. The van der Waals surface area contributed by atoms with E-state index in [1.54, 1.807) is 7.11 Å². The Morgan fingerprint density at radius 2 is 1.90 bits per heavy atom. The van der Waals surface area contributed by atoms with Gasteiger partial charge in [0.2, 0.25) is 0 Å². The average Bonchev–Trinajstić information content (AvgIpc) is 2.48. The minimum atomic E-state index is -4.09. The molecule has 0 radical (unpaired) electrons. The van der Waals surface area contributed by atoms with Gasteiger partial charge in [-0.05, 0) is 32.0 Å². The van der Waals surface area contributed by atoms with E-state index in [1.807, 2.05) is 29.2 Å². The van der Waals surface area contributed by atoms with Gasteiger partial charge in [0.05, 0.1) is 19.1 Å². The maximum atomic E-state index is 12.7. The zero-order valence-electron chi connectivity index (χ0n) is 12.1. The minimum absolute atomic E-state index is 0.102. The van der Waals surface area contributed by atoms with E-state index < -0.39 is 12.1 Å². The standard InChI is InChI=1S/C15H21F3N2O/c1-21-14-5-3-2-4-12(14)13(10-19)20-8-6-11(7-9-20)15(16,17)18/h2-5,11,13H,6-10,19H2,1H3. The number of nitrogens with two attached hydrogens (primary N) is 1. The Kier molecular flexibility index (Phi) is 5.11. The Balaban J connectivity index is 2.10. The molecule has 1 fully saturated rings. The summed E-state index contributed by atoms with van der Waals surface area (Å²) in [7, 11) is 1.59. The summed E-state index contributed by atoms with van der Waals surface area (Å²) < 4.78 is 43.5. The van der Waals surface area contributed by atoms with E-state index in [0.29, 0.717) is 19.6 Å². The molecule has 0 aliphatic carbocycles. The monoisotopic (exact) mass is 302 g/mol. The van der Waals surface area contributed by atoms with Crippen molar-refractivity contribution in [3.63, 3.8) is 0 Å². The fourth-order valence-electron chi connectivity index (χ4n) is 2.95. The summed E-state index contributed by atoms with van der Waals surface area (Å²) in [5, 5.41) is 0. The van der Waals surface area contributed by atoms with Gasteiger partial charge >= 0.3 is 6.18 Å². The topological polar surface area (TPSA) is 38.5 Å². The number of likely N-dealkylation sites (tertiary alicyclic amines) is 1. The Labute approximate surface area is 122 Å². The zero-order valence-corrected chi connectivity index (χ0v) is 12.1. The van der Waals surface area contributed by atoms with Crippen molar-refractivity contribution in [2.24, 2.45) is 11.7 Å². The molecular weight excluding hydrogens is 281 g/mol. The molecule has 0 spiro atoms. The fourth-order valence-corrected chi connectivity index (χ4v) is 2.95. The van der Waals surface area contributed by atoms with Crippen molar-refractivity contribution in [3.05, 3.63) is 29.8 Å². The Morgan fingerprint density at radius 1 is 1.29 bits per heavy atom. The van der Waals surface area contributed by atoms with Crippen molar-refractivity contribution < 1.29 is 17.9 Å². The largest absolute Gasteiger partial charge is 0.496 e. The molecule has 0 amide bonds. The molecule has 118 valence electrons. The molecule has 1 atom stereocenters. The maximum absolute atomic E-state index is 12.7. The quantitative estimate of drug-likeness (QED) is 0.929. The highest BCUT2D eigenvalue weighted by Crippen LogP contribution is 2.37. The van der Waals surface area contributed by atoms with Gasteiger partial charge in [-0.2, -0.15) is 13.2 Å². The van der Waals surface area contributed by atoms with E-state index in [2.05, 4.69) is 0 Å². The summed E-state index contributed by atoms with van der Waals surface area (Å²) in [5.74, 6) is -0.462. The predicted molar refractivity (Wildman–Crippen MR) is 75.1 cm³/mol. The van der Waals surface area contributed by atoms with Crippen molar-refractivity contribution in [1.29, 1.82) is 0 Å². The molecule has 6 heteroatoms. The van der Waals surface area contributed by atoms with Crippen molar-refractivity contribution in [2.45, 2.75) is 25.1 Å². The summed E-state index contributed by atoms with van der Waals surface area (Å²) in [6, 6.07) is 7.43. The van der Waals surface area contributed by atoms with Gasteiger partial charge in [0, 0.05) is 12.1 Å². The van der Waals surface area contributed by atoms with Crippen LogP contribution in [0.25, 0.3) is 0 Å². The van der Waals surface area contributed by atoms with Crippen LogP contribution in [0.5, 0.6) is 5.75 Å². The van der Waals surface area contributed by atoms with Crippen LogP contribution < -0.4 is 10.5 Å². The number of halogens is 3. The van der Waals surface area contributed by atoms with Crippen molar-refractivity contribution in [3.8, 4) is 5.75 Å². The first-order valence-corrected chi connectivity index (χ1v) is 7.11. The number of nitrogens with zero attached hydrogens (tertiary/aromatic N) is 1. The number of hydrogen-bond acceptors (Lipinski definition) is 3. The van der Waals surface area contributed by atoms with Crippen LogP contribution in [0, 0.1) is 5.92 Å². The molecule has 0 saturated carbocycles. The molecule has 1 saturated heterocycles. The third kappa shape index (κ3) is 3.68. The highest BCUT2D eigenvalue weighted by Gasteiger charge is 2.42. The molecule has 21 heavy (non-hydrogen) atoms. The number of alkyl halides is 3. The normalized spacial score (nSPS) is 19.5. The molecule has 0 bridgehead atoms. The van der Waals surface area contributed by atoms with Crippen LogP contribution in [0.1, 0.15) is 24.4 Å². The lowest BCUT2D eigenvalue weighted by Crippen LogP contribution is -2.43. The number of hydrogen-bond donors (Lipinski definition) is 1. The van der Waals surface area contributed by atoms with Crippen molar-refractivity contribution in [1.82, 2.24) is 4.90 Å². The van der Waals surface area contributed by atoms with Crippen LogP contribution in [-0.4, -0.2) is 37.8 Å². The van der Waals surface area contributed by atoms with E-state index in [0.717, 1.165) is 11.3 Å². The lowest BCUT2D eigenvalue weighted by atomic mass is 9.93. The summed E-state index contributed by atoms with van der Waals surface area (Å²) in [5.41, 5.74) is 6.80. The number of para-hydroxylation sites is 1. The molecule has 1 aromatic carbocycles. The first kappa shape index (κ1) is 16.1. The van der Waals surface area contributed by atoms with Gasteiger partial charge in [0.25, 0.3) is 0 Å². The van der Waals surface area contributed by atoms with Crippen LogP contribution in [-0.2, 0) is 0 Å². The average molecular weight is 302 g/mol. The third-order valence-corrected chi connectivity index (χ3v) is 4.15. The number of benzene rings is 1. The van der Waals surface area contributed by atoms with E-state index in [4.69, 9.17) is 10.5 Å². The van der Waals surface area contributed by atoms with Crippen LogP contribution >= 0.6 is 0 Å². The highest BCUT2D eigenvalue weighted by atomic mass is 19.4. The van der Waals surface area contributed by atoms with Gasteiger partial charge in [-0.3, -0.25) is 4.90 Å². The summed E-state index contributed by atoms with van der Waals surface area (Å²) in [4.78, 5) is 2.03. The molecule has 1 unspecified atom stereocenters. The Hall–Kier alpha value is -1.27. The fraction of sp³-hybridized carbons (Fsp3) is 0.600. The molecule has 3 nitrogen and oxygen atoms in total. The smallest absolute Gasteiger partial charge is 0.391 e. The zero-order chi connectivity index (χ0) is 15.5. The minimum Gasteiger partial charge on any atom is -0.496 e. The second-order valence-electron chi connectivity index (χ2n) is 5.35. The van der Waals surface area contributed by atoms with Crippen LogP contribution in [0.15, 0.2) is 24.3 Å². The van der Waals surface area contributed by atoms with Gasteiger partial charge in [-0.15, -0.1) is 0 Å². The van der Waals surface area contributed by atoms with Crippen molar-refractivity contribution >= 4 is 0 Å². The van der Waals surface area contributed by atoms with Crippen molar-refractivity contribution in [2.75, 3.05) is 26.7 Å². The molecular formula is C15H21F3N2O. The third-order valence-electron chi connectivity index (χ3n) is 4.15. The first-order chi connectivity index (χ1) is 9.97. The molecule has 1 aliphatic rings. The first-order valence-electron chi connectivity index (χ1n) is 7.11. The van der Waals surface area contributed by atoms with E-state index in [9.17, 15) is 13.2 Å². The van der Waals surface area contributed by atoms with Crippen LogP contribution in [0.2, 0.25) is 0 Å². The summed E-state index contributed by atoms with van der Waals surface area (Å²) in [6.07, 6.45) is -3.82. The van der Waals surface area contributed by atoms with Crippen LogP contribution in [0.3, 0.4) is 0 Å². The Bertz CT molecular complexity index is 456. The van der Waals surface area contributed by atoms with Crippen LogP contribution in [0.4, 0.5) is 13.2 Å². The summed E-state index contributed by atoms with van der Waals surface area (Å²) >= 11 is 0. The molecule has 1 heterocycles. The van der Waals surface area contributed by atoms with Gasteiger partial charge in [0.1, 0.15) is 5.75 Å². The second-order valence-corrected chi connectivity index (χ2v) is 5.35. The number of methoxy groups -OCH3 is 1. The van der Waals surface area contributed by atoms with E-state index in [-0.39, 0.29) is 18.9 Å². The SMILES string of the molecule is COc1ccccc1C(CN)N1CCC(C(F)(F)F)CC1. The molecule has 2 rings (SSSR count). The number of ether oxygens (including phenoxy) is 1. The predicted octanol–water partition coefficient (Wildman–Crippen LogP) is 2.97. The lowest BCUT2D eigenvalue weighted by molar-refractivity contribution is -0.186. The Morgan fingerprint density at radius 3 is 2.43 bits per heavy atom. The second kappa shape index (κ2) is 6.66. The number of piperidine rings is 1. The molecule has 0 aromatic heterocycles. The summed E-state index contributed by atoms with van der Waals surface area (Å²) in [6.45, 7) is 1.17. The van der Waals surface area contributed by atoms with Gasteiger partial charge in [0.15, 0.2) is 0 Å². The van der Waals surface area contributed by atoms with Gasteiger partial charge < -0.3 is 10.5 Å². The van der Waals surface area contributed by atoms with E-state index in [1.165, 1.54) is 0 Å². The molecule has 1 aliphatic heterocycles. The number of rotatable bonds is 4. The van der Waals surface area contributed by atoms with E-state index >= 15 is 0 Å². The highest BCUT2D eigenvalue weighted by molar-refractivity contribution is 5.36. The molecule has 1 aromatic rings. The van der Waals surface area contributed by atoms with Gasteiger partial charge in [-0.25, -0.2) is 0 Å². The van der Waals surface area contributed by atoms with Gasteiger partial charge in [-0.1, -0.05) is 18.2 Å². The lowest BCUT2D eigenvalue weighted by Gasteiger charge is -2.38.